The van der Waals surface area contributed by atoms with Crippen molar-refractivity contribution in [3.8, 4) is 0 Å². The molecule has 2 amide bonds. The van der Waals surface area contributed by atoms with Gasteiger partial charge < -0.3 is 19.7 Å². The highest BCUT2D eigenvalue weighted by molar-refractivity contribution is 6.00. The second-order valence-corrected chi connectivity index (χ2v) is 8.77. The zero-order chi connectivity index (χ0) is 25.4. The Balaban J connectivity index is 1.49. The van der Waals surface area contributed by atoms with E-state index in [4.69, 9.17) is 9.47 Å². The van der Waals surface area contributed by atoms with Crippen molar-refractivity contribution in [3.63, 3.8) is 0 Å². The van der Waals surface area contributed by atoms with Gasteiger partial charge in [-0.2, -0.15) is 0 Å². The topological polar surface area (TPSA) is 102 Å². The van der Waals surface area contributed by atoms with Crippen LogP contribution in [0.25, 0.3) is 0 Å². The van der Waals surface area contributed by atoms with Crippen molar-refractivity contribution in [1.29, 1.82) is 0 Å². The van der Waals surface area contributed by atoms with Crippen molar-refractivity contribution < 1.29 is 28.7 Å². The molecule has 0 radical (unpaired) electrons. The van der Waals surface area contributed by atoms with Crippen molar-refractivity contribution in [2.75, 3.05) is 30.0 Å². The number of ether oxygens (including phenoxy) is 2. The van der Waals surface area contributed by atoms with Gasteiger partial charge in [0.05, 0.1) is 18.1 Å². The van der Waals surface area contributed by atoms with E-state index >= 15 is 0 Å². The average molecular weight is 481 g/mol. The maximum Gasteiger partial charge on any atom is 0.338 e. The molecule has 1 heterocycles. The third-order valence-electron chi connectivity index (χ3n) is 5.87. The summed E-state index contributed by atoms with van der Waals surface area (Å²) in [6, 6.07) is 12.2. The number of unbranched alkanes of at least 4 members (excludes halogenated alkanes) is 2. The van der Waals surface area contributed by atoms with Gasteiger partial charge in [0.2, 0.25) is 5.91 Å². The molecule has 8 nitrogen and oxygen atoms in total. The lowest BCUT2D eigenvalue weighted by Gasteiger charge is -2.17. The van der Waals surface area contributed by atoms with Gasteiger partial charge in [0.25, 0.3) is 5.91 Å². The van der Waals surface area contributed by atoms with Crippen molar-refractivity contribution in [2.24, 2.45) is 5.92 Å². The summed E-state index contributed by atoms with van der Waals surface area (Å²) in [5, 5.41) is 2.74. The van der Waals surface area contributed by atoms with Crippen LogP contribution in [-0.4, -0.2) is 43.5 Å². The minimum absolute atomic E-state index is 0.00133. The van der Waals surface area contributed by atoms with Gasteiger partial charge in [0, 0.05) is 24.3 Å². The third kappa shape index (κ3) is 7.15. The minimum atomic E-state index is -0.667. The van der Waals surface area contributed by atoms with E-state index in [9.17, 15) is 19.2 Å². The molecule has 1 atom stereocenters. The number of aryl methyl sites for hydroxylation is 2. The van der Waals surface area contributed by atoms with Crippen LogP contribution >= 0.6 is 0 Å². The molecule has 1 fully saturated rings. The zero-order valence-corrected chi connectivity index (χ0v) is 20.5. The van der Waals surface area contributed by atoms with E-state index in [1.165, 1.54) is 4.90 Å². The van der Waals surface area contributed by atoms with E-state index in [2.05, 4.69) is 12.2 Å². The molecule has 0 saturated carbocycles. The Morgan fingerprint density at radius 2 is 1.77 bits per heavy atom. The van der Waals surface area contributed by atoms with E-state index in [1.54, 1.807) is 24.3 Å². The number of benzene rings is 2. The first kappa shape index (κ1) is 25.9. The highest BCUT2D eigenvalue weighted by Gasteiger charge is 2.36. The molecule has 186 valence electrons. The molecule has 1 aliphatic rings. The quantitative estimate of drug-likeness (QED) is 0.404. The highest BCUT2D eigenvalue weighted by atomic mass is 16.5. The van der Waals surface area contributed by atoms with Crippen LogP contribution in [0, 0.1) is 19.8 Å². The third-order valence-corrected chi connectivity index (χ3v) is 5.87. The smallest absolute Gasteiger partial charge is 0.338 e. The normalized spacial score (nSPS) is 15.1. The predicted molar refractivity (Wildman–Crippen MR) is 132 cm³/mol. The molecule has 8 heteroatoms. The van der Waals surface area contributed by atoms with Gasteiger partial charge in [-0.05, 0) is 61.7 Å². The van der Waals surface area contributed by atoms with Gasteiger partial charge in [-0.25, -0.2) is 4.79 Å². The van der Waals surface area contributed by atoms with Gasteiger partial charge in [-0.3, -0.25) is 14.4 Å². The predicted octanol–water partition coefficient (Wildman–Crippen LogP) is 4.19. The monoisotopic (exact) mass is 480 g/mol. The number of carbonyl (C=O) groups is 4. The second kappa shape index (κ2) is 12.1. The van der Waals surface area contributed by atoms with Crippen LogP contribution in [0.1, 0.15) is 54.1 Å². The Morgan fingerprint density at radius 1 is 1.03 bits per heavy atom. The Hall–Kier alpha value is -3.68. The first-order valence-electron chi connectivity index (χ1n) is 11.9. The second-order valence-electron chi connectivity index (χ2n) is 8.77. The molecule has 0 spiro atoms. The van der Waals surface area contributed by atoms with Crippen LogP contribution in [0.15, 0.2) is 42.5 Å². The van der Waals surface area contributed by atoms with Crippen molar-refractivity contribution in [2.45, 2.75) is 46.5 Å². The molecule has 1 saturated heterocycles. The lowest BCUT2D eigenvalue weighted by molar-refractivity contribution is -0.151. The molecule has 2 aromatic rings. The summed E-state index contributed by atoms with van der Waals surface area (Å²) in [5.74, 6) is -2.32. The molecule has 0 aliphatic carbocycles. The standard InChI is InChI=1S/C27H32N2O6/c1-4-5-6-13-34-26(32)20-9-11-22(12-10-20)29-16-21(15-25(29)31)27(33)35-17-24(30)28-23-14-18(2)7-8-19(23)3/h7-12,14,21H,4-6,13,15-17H2,1-3H3,(H,28,30)/t21-/m0/s1. The maximum atomic E-state index is 12.5. The Kier molecular flexibility index (Phi) is 9.00. The van der Waals surface area contributed by atoms with Crippen molar-refractivity contribution >= 4 is 35.1 Å². The molecule has 0 aromatic heterocycles. The summed E-state index contributed by atoms with van der Waals surface area (Å²) >= 11 is 0. The van der Waals surface area contributed by atoms with Crippen molar-refractivity contribution in [3.05, 3.63) is 59.2 Å². The number of esters is 2. The van der Waals surface area contributed by atoms with E-state index in [0.29, 0.717) is 23.5 Å². The lowest BCUT2D eigenvalue weighted by Crippen LogP contribution is -2.28. The zero-order valence-electron chi connectivity index (χ0n) is 20.5. The van der Waals surface area contributed by atoms with Gasteiger partial charge in [-0.15, -0.1) is 0 Å². The molecule has 1 N–H and O–H groups in total. The lowest BCUT2D eigenvalue weighted by atomic mass is 10.1. The first-order chi connectivity index (χ1) is 16.8. The molecular formula is C27H32N2O6. The fourth-order valence-electron chi connectivity index (χ4n) is 3.80. The molecule has 35 heavy (non-hydrogen) atoms. The first-order valence-corrected chi connectivity index (χ1v) is 11.9. The van der Waals surface area contributed by atoms with Crippen LogP contribution in [0.4, 0.5) is 11.4 Å². The van der Waals surface area contributed by atoms with Crippen LogP contribution in [-0.2, 0) is 23.9 Å². The number of rotatable bonds is 10. The molecule has 2 aromatic carbocycles. The average Bonchev–Trinajstić information content (AvgIpc) is 3.24. The fourth-order valence-corrected chi connectivity index (χ4v) is 3.80. The highest BCUT2D eigenvalue weighted by Crippen LogP contribution is 2.26. The fraction of sp³-hybridized carbons (Fsp3) is 0.407. The number of nitrogens with zero attached hydrogens (tertiary/aromatic N) is 1. The summed E-state index contributed by atoms with van der Waals surface area (Å²) in [5.41, 5.74) is 3.57. The summed E-state index contributed by atoms with van der Waals surface area (Å²) in [7, 11) is 0. The SMILES string of the molecule is CCCCCOC(=O)c1ccc(N2C[C@@H](C(=O)OCC(=O)Nc3cc(C)ccc3C)CC2=O)cc1. The Morgan fingerprint density at radius 3 is 2.49 bits per heavy atom. The van der Waals surface area contributed by atoms with Crippen LogP contribution < -0.4 is 10.2 Å². The van der Waals surface area contributed by atoms with Crippen LogP contribution in [0.3, 0.4) is 0 Å². The van der Waals surface area contributed by atoms with E-state index < -0.39 is 30.4 Å². The molecule has 0 bridgehead atoms. The summed E-state index contributed by atoms with van der Waals surface area (Å²) in [4.78, 5) is 50.8. The summed E-state index contributed by atoms with van der Waals surface area (Å²) in [6.07, 6.45) is 2.88. The Bertz CT molecular complexity index is 1080. The van der Waals surface area contributed by atoms with E-state index in [0.717, 1.165) is 30.4 Å². The number of carbonyl (C=O) groups excluding carboxylic acids is 4. The van der Waals surface area contributed by atoms with Gasteiger partial charge in [0.1, 0.15) is 0 Å². The number of amides is 2. The number of nitrogens with one attached hydrogen (secondary N) is 1. The largest absolute Gasteiger partial charge is 0.462 e. The van der Waals surface area contributed by atoms with Gasteiger partial charge >= 0.3 is 11.9 Å². The number of hydrogen-bond donors (Lipinski definition) is 1. The van der Waals surface area contributed by atoms with E-state index in [-0.39, 0.29) is 18.9 Å². The van der Waals surface area contributed by atoms with Gasteiger partial charge in [-0.1, -0.05) is 31.9 Å². The molecule has 0 unspecified atom stereocenters. The van der Waals surface area contributed by atoms with Crippen LogP contribution in [0.2, 0.25) is 0 Å². The van der Waals surface area contributed by atoms with Gasteiger partial charge in [0.15, 0.2) is 6.61 Å². The van der Waals surface area contributed by atoms with E-state index in [1.807, 2.05) is 32.0 Å². The van der Waals surface area contributed by atoms with Crippen LogP contribution in [0.5, 0.6) is 0 Å². The summed E-state index contributed by atoms with van der Waals surface area (Å²) < 4.78 is 10.4. The molecule has 3 rings (SSSR count). The number of hydrogen-bond acceptors (Lipinski definition) is 6. The number of anilines is 2. The Labute approximate surface area is 205 Å². The maximum absolute atomic E-state index is 12.5. The summed E-state index contributed by atoms with van der Waals surface area (Å²) in [6.45, 7) is 5.98. The van der Waals surface area contributed by atoms with Crippen molar-refractivity contribution in [1.82, 2.24) is 0 Å². The molecular weight excluding hydrogens is 448 g/mol. The molecule has 1 aliphatic heterocycles. The minimum Gasteiger partial charge on any atom is -0.462 e.